The molecule has 0 atom stereocenters. The third-order valence-electron chi connectivity index (χ3n) is 1.96. The van der Waals surface area contributed by atoms with Gasteiger partial charge in [-0.15, -0.1) is 0 Å². The molecule has 0 unspecified atom stereocenters. The highest BCUT2D eigenvalue weighted by molar-refractivity contribution is 6.05. The van der Waals surface area contributed by atoms with E-state index in [2.05, 4.69) is 0 Å². The largest absolute Gasteiger partial charge is 0.508 e. The summed E-state index contributed by atoms with van der Waals surface area (Å²) in [4.78, 5) is 10.8. The number of amides is 1. The van der Waals surface area contributed by atoms with Crippen LogP contribution < -0.4 is 5.32 Å². The minimum absolute atomic E-state index is 0.349. The van der Waals surface area contributed by atoms with Crippen molar-refractivity contribution in [3.05, 3.63) is 17.7 Å². The Balaban J connectivity index is 2.71. The van der Waals surface area contributed by atoms with E-state index < -0.39 is 28.9 Å². The third kappa shape index (κ3) is 0.935. The molecule has 1 aliphatic heterocycles. The highest BCUT2D eigenvalue weighted by Crippen LogP contribution is 2.46. The number of hydrogen-bond acceptors (Lipinski definition) is 3. The summed E-state index contributed by atoms with van der Waals surface area (Å²) in [5.41, 5.74) is -1.06. The van der Waals surface area contributed by atoms with Gasteiger partial charge in [-0.25, -0.2) is 0 Å². The Hall–Kier alpha value is -1.85. The van der Waals surface area contributed by atoms with Crippen molar-refractivity contribution in [1.82, 2.24) is 0 Å². The highest BCUT2D eigenvalue weighted by Gasteiger charge is 2.49. The van der Waals surface area contributed by atoms with Crippen molar-refractivity contribution in [1.29, 1.82) is 0 Å². The fraction of sp³-hybridized carbons (Fsp3) is 0.125. The molecule has 4 nitrogen and oxygen atoms in total. The molecule has 1 heterocycles. The number of carbonyl (C=O) groups is 1. The Morgan fingerprint density at radius 3 is 2.57 bits per heavy atom. The predicted molar refractivity (Wildman–Crippen MR) is 42.3 cm³/mol. The molecule has 0 aromatic heterocycles. The van der Waals surface area contributed by atoms with Gasteiger partial charge in [0.2, 0.25) is 0 Å². The summed E-state index contributed by atoms with van der Waals surface area (Å²) < 4.78 is 26.1. The van der Waals surface area contributed by atoms with E-state index in [0.717, 1.165) is 12.1 Å². The van der Waals surface area contributed by atoms with Gasteiger partial charge in [-0.1, -0.05) is 0 Å². The normalized spacial score (nSPS) is 17.7. The first-order valence-electron chi connectivity index (χ1n) is 3.68. The molecule has 0 saturated heterocycles. The van der Waals surface area contributed by atoms with Gasteiger partial charge in [-0.05, 0) is 6.07 Å². The molecule has 6 heteroatoms. The summed E-state index contributed by atoms with van der Waals surface area (Å²) in [6, 6.07) is 1.62. The number of fused-ring (bicyclic) bond motifs is 1. The number of benzene rings is 1. The molecular formula is C8H5F2NO3. The van der Waals surface area contributed by atoms with Gasteiger partial charge in [0.15, 0.2) is 0 Å². The van der Waals surface area contributed by atoms with Crippen LogP contribution in [-0.4, -0.2) is 16.1 Å². The van der Waals surface area contributed by atoms with E-state index in [4.69, 9.17) is 10.2 Å². The number of nitrogens with one attached hydrogen (secondary N) is 1. The first-order valence-corrected chi connectivity index (χ1v) is 3.68. The van der Waals surface area contributed by atoms with E-state index in [9.17, 15) is 13.6 Å². The van der Waals surface area contributed by atoms with Crippen LogP contribution in [0.25, 0.3) is 0 Å². The predicted octanol–water partition coefficient (Wildman–Crippen LogP) is 1.14. The van der Waals surface area contributed by atoms with Gasteiger partial charge in [0.05, 0.1) is 11.3 Å². The van der Waals surface area contributed by atoms with Crippen molar-refractivity contribution in [3.63, 3.8) is 0 Å². The number of phenols is 2. The molecule has 0 spiro atoms. The Kier molecular flexibility index (Phi) is 1.46. The van der Waals surface area contributed by atoms with Crippen molar-refractivity contribution in [2.45, 2.75) is 5.92 Å². The number of rotatable bonds is 0. The lowest BCUT2D eigenvalue weighted by Gasteiger charge is -2.06. The molecule has 1 aromatic rings. The van der Waals surface area contributed by atoms with E-state index in [1.165, 1.54) is 0 Å². The Morgan fingerprint density at radius 2 is 1.93 bits per heavy atom. The van der Waals surface area contributed by atoms with Crippen molar-refractivity contribution in [2.24, 2.45) is 0 Å². The first-order chi connectivity index (χ1) is 6.43. The van der Waals surface area contributed by atoms with Crippen molar-refractivity contribution in [3.8, 4) is 11.5 Å². The number of alkyl halides is 2. The number of hydrogen-bond donors (Lipinski definition) is 3. The molecule has 1 aromatic carbocycles. The molecule has 0 aliphatic carbocycles. The van der Waals surface area contributed by atoms with E-state index in [1.54, 1.807) is 0 Å². The molecule has 0 fully saturated rings. The second-order valence-electron chi connectivity index (χ2n) is 2.92. The van der Waals surface area contributed by atoms with Crippen LogP contribution >= 0.6 is 0 Å². The fourth-order valence-corrected chi connectivity index (χ4v) is 1.31. The monoisotopic (exact) mass is 201 g/mol. The van der Waals surface area contributed by atoms with Crippen LogP contribution in [0.2, 0.25) is 0 Å². The average molecular weight is 201 g/mol. The van der Waals surface area contributed by atoms with Crippen LogP contribution in [0.5, 0.6) is 11.5 Å². The summed E-state index contributed by atoms with van der Waals surface area (Å²) in [6.45, 7) is 0. The quantitative estimate of drug-likeness (QED) is 0.435. The molecule has 0 bridgehead atoms. The zero-order valence-corrected chi connectivity index (χ0v) is 6.71. The highest BCUT2D eigenvalue weighted by atomic mass is 19.3. The Morgan fingerprint density at radius 1 is 1.29 bits per heavy atom. The zero-order valence-electron chi connectivity index (χ0n) is 6.71. The summed E-state index contributed by atoms with van der Waals surface area (Å²) in [5.74, 6) is -6.30. The maximum absolute atomic E-state index is 13.1. The lowest BCUT2D eigenvalue weighted by Crippen LogP contribution is -2.23. The van der Waals surface area contributed by atoms with Crippen molar-refractivity contribution < 1.29 is 23.8 Å². The van der Waals surface area contributed by atoms with Gasteiger partial charge in [-0.2, -0.15) is 8.78 Å². The van der Waals surface area contributed by atoms with Gasteiger partial charge >= 0.3 is 5.92 Å². The summed E-state index contributed by atoms with van der Waals surface area (Å²) in [6.07, 6.45) is 0. The van der Waals surface area contributed by atoms with Crippen LogP contribution in [0.3, 0.4) is 0 Å². The smallest absolute Gasteiger partial charge is 0.352 e. The standard InChI is InChI=1S/C8H5F2NO3/c9-8(10)4-1-3(12)2-5(13)6(4)11-7(8)14/h1-2,12-13H,(H,11,14). The molecule has 3 N–H and O–H groups in total. The first kappa shape index (κ1) is 8.74. The minimum atomic E-state index is -3.70. The van der Waals surface area contributed by atoms with Crippen LogP contribution in [0.15, 0.2) is 12.1 Å². The van der Waals surface area contributed by atoms with Gasteiger partial charge in [0.1, 0.15) is 11.5 Å². The second-order valence-corrected chi connectivity index (χ2v) is 2.92. The molecule has 0 radical (unpaired) electrons. The molecule has 14 heavy (non-hydrogen) atoms. The summed E-state index contributed by atoms with van der Waals surface area (Å²) in [7, 11) is 0. The molecule has 1 amide bonds. The van der Waals surface area contributed by atoms with Crippen LogP contribution in [0, 0.1) is 0 Å². The fourth-order valence-electron chi connectivity index (χ4n) is 1.31. The number of halogens is 2. The Bertz CT molecular complexity index is 431. The lowest BCUT2D eigenvalue weighted by molar-refractivity contribution is -0.139. The molecule has 1 aliphatic rings. The Labute approximate surface area is 76.8 Å². The van der Waals surface area contributed by atoms with Gasteiger partial charge in [0, 0.05) is 6.07 Å². The lowest BCUT2D eigenvalue weighted by atomic mass is 10.1. The van der Waals surface area contributed by atoms with Gasteiger partial charge < -0.3 is 15.5 Å². The average Bonchev–Trinajstić information content (AvgIpc) is 2.28. The SMILES string of the molecule is O=C1Nc2c(O)cc(O)cc2C1(F)F. The van der Waals surface area contributed by atoms with Crippen LogP contribution in [-0.2, 0) is 10.7 Å². The van der Waals surface area contributed by atoms with Crippen LogP contribution in [0.1, 0.15) is 5.56 Å². The molecule has 74 valence electrons. The third-order valence-corrected chi connectivity index (χ3v) is 1.96. The zero-order chi connectivity index (χ0) is 10.5. The number of phenolic OH excluding ortho intramolecular Hbond substituents is 2. The number of anilines is 1. The second kappa shape index (κ2) is 2.34. The maximum Gasteiger partial charge on any atom is 0.352 e. The van der Waals surface area contributed by atoms with Gasteiger partial charge in [0.25, 0.3) is 5.91 Å². The van der Waals surface area contributed by atoms with E-state index in [0.29, 0.717) is 0 Å². The van der Waals surface area contributed by atoms with Crippen molar-refractivity contribution >= 4 is 11.6 Å². The summed E-state index contributed by atoms with van der Waals surface area (Å²) in [5, 5.41) is 20.0. The summed E-state index contributed by atoms with van der Waals surface area (Å²) >= 11 is 0. The van der Waals surface area contributed by atoms with Crippen LogP contribution in [0.4, 0.5) is 14.5 Å². The van der Waals surface area contributed by atoms with Crippen molar-refractivity contribution in [2.75, 3.05) is 5.32 Å². The molecule has 2 rings (SSSR count). The number of carbonyl (C=O) groups excluding carboxylic acids is 1. The van der Waals surface area contributed by atoms with E-state index >= 15 is 0 Å². The minimum Gasteiger partial charge on any atom is -0.508 e. The maximum atomic E-state index is 13.1. The van der Waals surface area contributed by atoms with E-state index in [1.807, 2.05) is 5.32 Å². The molecule has 0 saturated carbocycles. The topological polar surface area (TPSA) is 69.6 Å². The molecular weight excluding hydrogens is 196 g/mol. The number of aromatic hydroxyl groups is 2. The van der Waals surface area contributed by atoms with Gasteiger partial charge in [-0.3, -0.25) is 4.79 Å². The van der Waals surface area contributed by atoms with E-state index in [-0.39, 0.29) is 5.69 Å².